The second-order valence-corrected chi connectivity index (χ2v) is 11.4. The Labute approximate surface area is 163 Å². The topological polar surface area (TPSA) is 85.3 Å². The molecule has 1 aromatic rings. The predicted molar refractivity (Wildman–Crippen MR) is 104 cm³/mol. The predicted octanol–water partition coefficient (Wildman–Crippen LogP) is 2.06. The van der Waals surface area contributed by atoms with Crippen LogP contribution < -0.4 is 9.47 Å². The fraction of sp³-hybridized carbons (Fsp3) is 0.556. The van der Waals surface area contributed by atoms with Crippen LogP contribution in [-0.4, -0.2) is 54.0 Å². The number of benzene rings is 1. The van der Waals surface area contributed by atoms with Crippen molar-refractivity contribution in [2.45, 2.75) is 38.6 Å². The molecule has 0 bridgehead atoms. The first kappa shape index (κ1) is 18.6. The number of rotatable bonds is 2. The molecule has 0 unspecified atom stereocenters. The first-order valence-corrected chi connectivity index (χ1v) is 11.5. The van der Waals surface area contributed by atoms with Crippen molar-refractivity contribution in [1.82, 2.24) is 4.90 Å². The van der Waals surface area contributed by atoms with Gasteiger partial charge in [0.15, 0.2) is 26.5 Å². The highest BCUT2D eigenvalue weighted by molar-refractivity contribution is 8.15. The Kier molecular flexibility index (Phi) is 4.42. The Morgan fingerprint density at radius 1 is 1.26 bits per heavy atom. The summed E-state index contributed by atoms with van der Waals surface area (Å²) >= 11 is 1.40. The number of amides is 1. The van der Waals surface area contributed by atoms with E-state index in [0.29, 0.717) is 23.2 Å². The summed E-state index contributed by atoms with van der Waals surface area (Å²) in [7, 11) is -3.07. The first-order valence-electron chi connectivity index (χ1n) is 8.78. The van der Waals surface area contributed by atoms with Gasteiger partial charge in [0.05, 0.1) is 17.5 Å². The van der Waals surface area contributed by atoms with Gasteiger partial charge in [-0.3, -0.25) is 4.79 Å². The van der Waals surface area contributed by atoms with Crippen LogP contribution in [-0.2, 0) is 21.2 Å². The van der Waals surface area contributed by atoms with Crippen LogP contribution in [0.1, 0.15) is 26.3 Å². The molecular formula is C18H22N2O5S2. The van der Waals surface area contributed by atoms with Crippen molar-refractivity contribution in [3.8, 4) is 11.5 Å². The molecule has 2 atom stereocenters. The number of fused-ring (bicyclic) bond motifs is 2. The number of carbonyl (C=O) groups excluding carboxylic acids is 1. The van der Waals surface area contributed by atoms with Gasteiger partial charge in [0.25, 0.3) is 5.91 Å². The third kappa shape index (κ3) is 3.67. The van der Waals surface area contributed by atoms with Crippen molar-refractivity contribution in [2.75, 3.05) is 18.3 Å². The maximum absolute atomic E-state index is 12.4. The molecule has 4 rings (SSSR count). The molecular weight excluding hydrogens is 388 g/mol. The molecule has 1 amide bonds. The molecule has 3 aliphatic rings. The van der Waals surface area contributed by atoms with Crippen LogP contribution in [0.15, 0.2) is 23.2 Å². The van der Waals surface area contributed by atoms with Gasteiger partial charge in [0.1, 0.15) is 0 Å². The summed E-state index contributed by atoms with van der Waals surface area (Å²) in [6.07, 6.45) is 0. The molecule has 0 spiro atoms. The minimum absolute atomic E-state index is 0.0875. The fourth-order valence-corrected chi connectivity index (χ4v) is 7.26. The molecule has 0 saturated carbocycles. The number of ether oxygens (including phenoxy) is 2. The van der Waals surface area contributed by atoms with Crippen LogP contribution >= 0.6 is 11.8 Å². The monoisotopic (exact) mass is 410 g/mol. The molecule has 3 aliphatic heterocycles. The molecule has 0 aliphatic carbocycles. The van der Waals surface area contributed by atoms with E-state index in [4.69, 9.17) is 9.47 Å². The number of carbonyl (C=O) groups is 1. The summed E-state index contributed by atoms with van der Waals surface area (Å²) in [4.78, 5) is 18.7. The summed E-state index contributed by atoms with van der Waals surface area (Å²) in [5, 5.41) is 0.521. The highest BCUT2D eigenvalue weighted by Crippen LogP contribution is 2.40. The lowest BCUT2D eigenvalue weighted by atomic mass is 9.96. The molecule has 1 aromatic carbocycles. The smallest absolute Gasteiger partial charge is 0.253 e. The van der Waals surface area contributed by atoms with Gasteiger partial charge >= 0.3 is 0 Å². The zero-order valence-corrected chi connectivity index (χ0v) is 17.1. The number of thioether (sulfide) groups is 1. The molecule has 2 fully saturated rings. The van der Waals surface area contributed by atoms with Gasteiger partial charge in [-0.2, -0.15) is 4.99 Å². The zero-order valence-electron chi connectivity index (χ0n) is 15.5. The minimum atomic E-state index is -3.07. The molecule has 9 heteroatoms. The summed E-state index contributed by atoms with van der Waals surface area (Å²) in [5.74, 6) is 1.40. The molecule has 7 nitrogen and oxygen atoms in total. The van der Waals surface area contributed by atoms with Crippen LogP contribution in [0.2, 0.25) is 0 Å². The maximum atomic E-state index is 12.4. The van der Waals surface area contributed by atoms with Crippen LogP contribution in [0.3, 0.4) is 0 Å². The number of amidine groups is 1. The molecule has 2 saturated heterocycles. The Morgan fingerprint density at radius 3 is 2.74 bits per heavy atom. The number of sulfone groups is 1. The first-order chi connectivity index (χ1) is 12.6. The van der Waals surface area contributed by atoms with Gasteiger partial charge in [-0.05, 0) is 17.7 Å². The van der Waals surface area contributed by atoms with Gasteiger partial charge in [-0.25, -0.2) is 8.42 Å². The van der Waals surface area contributed by atoms with E-state index in [-0.39, 0.29) is 35.5 Å². The second-order valence-electron chi connectivity index (χ2n) is 8.07. The Morgan fingerprint density at radius 2 is 2.00 bits per heavy atom. The lowest BCUT2D eigenvalue weighted by molar-refractivity contribution is -0.124. The fourth-order valence-electron chi connectivity index (χ4n) is 3.31. The quantitative estimate of drug-likeness (QED) is 0.738. The van der Waals surface area contributed by atoms with Crippen molar-refractivity contribution >= 4 is 32.7 Å². The summed E-state index contributed by atoms with van der Waals surface area (Å²) in [6.45, 7) is 6.15. The molecule has 0 N–H and O–H groups in total. The third-order valence-electron chi connectivity index (χ3n) is 4.80. The standard InChI is InChI=1S/C18H22N2O5S2/c1-18(2,3)16(21)19-17-20(12-8-27(22,23)9-15(12)26-17)7-11-4-5-13-14(6-11)25-10-24-13/h4-6,12,15H,7-10H2,1-3H3/t12-,15+/m0/s1. The van der Waals surface area contributed by atoms with E-state index in [0.717, 1.165) is 5.56 Å². The number of hydrogen-bond donors (Lipinski definition) is 0. The Balaban J connectivity index is 1.64. The summed E-state index contributed by atoms with van der Waals surface area (Å²) in [6, 6.07) is 5.50. The molecule has 27 heavy (non-hydrogen) atoms. The van der Waals surface area contributed by atoms with Gasteiger partial charge < -0.3 is 14.4 Å². The Bertz CT molecular complexity index is 920. The minimum Gasteiger partial charge on any atom is -0.454 e. The summed E-state index contributed by atoms with van der Waals surface area (Å²) < 4.78 is 35.0. The van der Waals surface area contributed by atoms with E-state index in [1.54, 1.807) is 0 Å². The van der Waals surface area contributed by atoms with Gasteiger partial charge in [0, 0.05) is 17.2 Å². The van der Waals surface area contributed by atoms with Crippen molar-refractivity contribution in [2.24, 2.45) is 10.4 Å². The number of aliphatic imine (C=N–C) groups is 1. The zero-order chi connectivity index (χ0) is 19.4. The second kappa shape index (κ2) is 6.41. The largest absolute Gasteiger partial charge is 0.454 e. The van der Waals surface area contributed by atoms with Crippen LogP contribution in [0, 0.1) is 5.41 Å². The molecule has 3 heterocycles. The van der Waals surface area contributed by atoms with E-state index in [2.05, 4.69) is 4.99 Å². The number of hydrogen-bond acceptors (Lipinski definition) is 6. The van der Waals surface area contributed by atoms with Gasteiger partial charge in [0.2, 0.25) is 6.79 Å². The summed E-state index contributed by atoms with van der Waals surface area (Å²) in [5.41, 5.74) is 0.377. The molecule has 0 radical (unpaired) electrons. The van der Waals surface area contributed by atoms with Crippen molar-refractivity contribution in [3.05, 3.63) is 23.8 Å². The maximum Gasteiger partial charge on any atom is 0.253 e. The normalized spacial score (nSPS) is 27.2. The van der Waals surface area contributed by atoms with Crippen LogP contribution in [0.4, 0.5) is 0 Å². The lowest BCUT2D eigenvalue weighted by Crippen LogP contribution is -2.37. The molecule has 146 valence electrons. The Hall–Kier alpha value is -1.74. The van der Waals surface area contributed by atoms with E-state index >= 15 is 0 Å². The highest BCUT2D eigenvalue weighted by atomic mass is 32.2. The number of nitrogens with zero attached hydrogens (tertiary/aromatic N) is 2. The van der Waals surface area contributed by atoms with Gasteiger partial charge in [-0.1, -0.05) is 38.6 Å². The third-order valence-corrected chi connectivity index (χ3v) is 8.05. The van der Waals surface area contributed by atoms with Gasteiger partial charge in [-0.15, -0.1) is 0 Å². The highest BCUT2D eigenvalue weighted by Gasteiger charge is 2.49. The van der Waals surface area contributed by atoms with E-state index < -0.39 is 15.3 Å². The van der Waals surface area contributed by atoms with Crippen molar-refractivity contribution in [3.63, 3.8) is 0 Å². The van der Waals surface area contributed by atoms with E-state index in [9.17, 15) is 13.2 Å². The van der Waals surface area contributed by atoms with Crippen molar-refractivity contribution < 1.29 is 22.7 Å². The van der Waals surface area contributed by atoms with Crippen LogP contribution in [0.25, 0.3) is 0 Å². The molecule has 0 aromatic heterocycles. The van der Waals surface area contributed by atoms with Crippen molar-refractivity contribution in [1.29, 1.82) is 0 Å². The average Bonchev–Trinajstić information content (AvgIpc) is 3.20. The SMILES string of the molecule is CC(C)(C)C(=O)N=C1S[C@@H]2CS(=O)(=O)C[C@@H]2N1Cc1ccc2c(c1)OCO2. The van der Waals surface area contributed by atoms with Crippen LogP contribution in [0.5, 0.6) is 11.5 Å². The van der Waals surface area contributed by atoms with E-state index in [1.165, 1.54) is 11.8 Å². The lowest BCUT2D eigenvalue weighted by Gasteiger charge is -2.25. The average molecular weight is 411 g/mol. The van der Waals surface area contributed by atoms with E-state index in [1.807, 2.05) is 43.9 Å².